The van der Waals surface area contributed by atoms with Gasteiger partial charge in [0, 0.05) is 66.0 Å². The van der Waals surface area contributed by atoms with E-state index >= 15 is 0 Å². The molecular weight excluding hydrogens is 560 g/mol. The van der Waals surface area contributed by atoms with Crippen LogP contribution in [-0.4, -0.2) is 71.5 Å². The van der Waals surface area contributed by atoms with Crippen molar-refractivity contribution < 1.29 is 4.79 Å². The Morgan fingerprint density at radius 3 is 2.31 bits per heavy atom. The molecule has 2 fully saturated rings. The van der Waals surface area contributed by atoms with Gasteiger partial charge in [-0.15, -0.1) is 0 Å². The van der Waals surface area contributed by atoms with Gasteiger partial charge in [0.2, 0.25) is 0 Å². The van der Waals surface area contributed by atoms with Crippen molar-refractivity contribution in [3.8, 4) is 11.1 Å². The Bertz CT molecular complexity index is 1520. The predicted octanol–water partition coefficient (Wildman–Crippen LogP) is 5.98. The minimum absolute atomic E-state index is 0.153. The molecule has 2 aromatic heterocycles. The van der Waals surface area contributed by atoms with Crippen LogP contribution in [0.4, 0.5) is 5.69 Å². The maximum absolute atomic E-state index is 13.9. The lowest BCUT2D eigenvalue weighted by Crippen LogP contribution is -2.42. The van der Waals surface area contributed by atoms with Gasteiger partial charge in [0.1, 0.15) is 0 Å². The number of aromatic nitrogens is 2. The molecule has 0 bridgehead atoms. The molecule has 1 aromatic carbocycles. The molecule has 8 heteroatoms. The standard InChI is InChI=1S/C37H52N6O2/c1-7-43(32-15-13-31(14-16-32)41(5)6)35-21-29(28-11-12-30(38-22-28)24-42-17-9-8-10-18-42)20-33(27(35)4)36(44)39-23-34-25(2)19-26(3)40-37(34)45/h11-12,19-22,31-32H,7-10,13-18,23-24H2,1-6H3,(H,39,44)(H,40,45). The lowest BCUT2D eigenvalue weighted by atomic mass is 9.88. The van der Waals surface area contributed by atoms with Gasteiger partial charge >= 0.3 is 0 Å². The van der Waals surface area contributed by atoms with Crippen LogP contribution in [-0.2, 0) is 13.1 Å². The summed E-state index contributed by atoms with van der Waals surface area (Å²) in [7, 11) is 4.36. The lowest BCUT2D eigenvalue weighted by Gasteiger charge is -2.40. The molecule has 3 aromatic rings. The number of nitrogens with zero attached hydrogens (tertiary/aromatic N) is 4. The van der Waals surface area contributed by atoms with Gasteiger partial charge in [-0.3, -0.25) is 19.5 Å². The van der Waals surface area contributed by atoms with Gasteiger partial charge in [-0.1, -0.05) is 12.5 Å². The number of aryl methyl sites for hydroxylation is 2. The van der Waals surface area contributed by atoms with Crippen LogP contribution in [0.3, 0.4) is 0 Å². The van der Waals surface area contributed by atoms with Crippen LogP contribution in [0.1, 0.15) is 90.3 Å². The quantitative estimate of drug-likeness (QED) is 0.293. The molecule has 45 heavy (non-hydrogen) atoms. The molecule has 8 nitrogen and oxygen atoms in total. The van der Waals surface area contributed by atoms with Crippen LogP contribution in [0.5, 0.6) is 0 Å². The van der Waals surface area contributed by atoms with Gasteiger partial charge in [-0.2, -0.15) is 0 Å². The first-order valence-electron chi connectivity index (χ1n) is 16.9. The Kier molecular flexibility index (Phi) is 10.8. The number of hydrogen-bond acceptors (Lipinski definition) is 6. The number of H-pyrrole nitrogens is 1. The number of aromatic amines is 1. The highest BCUT2D eigenvalue weighted by molar-refractivity contribution is 5.99. The number of pyridine rings is 2. The third-order valence-electron chi connectivity index (χ3n) is 10.0. The summed E-state index contributed by atoms with van der Waals surface area (Å²) >= 11 is 0. The average molecular weight is 613 g/mol. The first-order chi connectivity index (χ1) is 21.6. The zero-order valence-electron chi connectivity index (χ0n) is 28.2. The fourth-order valence-corrected chi connectivity index (χ4v) is 7.31. The molecule has 0 radical (unpaired) electrons. The topological polar surface area (TPSA) is 84.6 Å². The Balaban J connectivity index is 1.46. The molecule has 0 atom stereocenters. The van der Waals surface area contributed by atoms with E-state index in [0.29, 0.717) is 23.2 Å². The Morgan fingerprint density at radius 2 is 1.69 bits per heavy atom. The van der Waals surface area contributed by atoms with E-state index in [-0.39, 0.29) is 18.0 Å². The number of amides is 1. The molecule has 242 valence electrons. The lowest BCUT2D eigenvalue weighted by molar-refractivity contribution is 0.0950. The van der Waals surface area contributed by atoms with Gasteiger partial charge in [0.15, 0.2) is 0 Å². The summed E-state index contributed by atoms with van der Waals surface area (Å²) in [5.74, 6) is -0.169. The Morgan fingerprint density at radius 1 is 0.978 bits per heavy atom. The molecule has 2 aliphatic rings. The van der Waals surface area contributed by atoms with Crippen molar-refractivity contribution in [3.63, 3.8) is 0 Å². The fraction of sp³-hybridized carbons (Fsp3) is 0.541. The molecule has 1 aliphatic carbocycles. The number of benzene rings is 1. The van der Waals surface area contributed by atoms with E-state index in [0.717, 1.165) is 78.3 Å². The van der Waals surface area contributed by atoms with E-state index < -0.39 is 0 Å². The first-order valence-corrected chi connectivity index (χ1v) is 16.9. The van der Waals surface area contributed by atoms with Crippen molar-refractivity contribution in [2.75, 3.05) is 38.6 Å². The summed E-state index contributed by atoms with van der Waals surface area (Å²) in [6, 6.07) is 11.5. The molecule has 1 aliphatic heterocycles. The number of hydrogen-bond donors (Lipinski definition) is 2. The largest absolute Gasteiger partial charge is 0.369 e. The van der Waals surface area contributed by atoms with Crippen molar-refractivity contribution in [1.29, 1.82) is 0 Å². The number of anilines is 1. The fourth-order valence-electron chi connectivity index (χ4n) is 7.31. The molecule has 2 N–H and O–H groups in total. The van der Waals surface area contributed by atoms with Crippen LogP contribution < -0.4 is 15.8 Å². The van der Waals surface area contributed by atoms with Crippen LogP contribution in [0.2, 0.25) is 0 Å². The van der Waals surface area contributed by atoms with Crippen molar-refractivity contribution in [2.24, 2.45) is 0 Å². The van der Waals surface area contributed by atoms with E-state index in [2.05, 4.69) is 71.1 Å². The second-order valence-electron chi connectivity index (χ2n) is 13.4. The third kappa shape index (κ3) is 7.85. The van der Waals surface area contributed by atoms with Gasteiger partial charge in [-0.05, 0) is 134 Å². The van der Waals surface area contributed by atoms with Crippen molar-refractivity contribution in [2.45, 2.75) is 97.8 Å². The SMILES string of the molecule is CCN(c1cc(-c2ccc(CN3CCCCC3)nc2)cc(C(=O)NCc2c(C)cc(C)[nH]c2=O)c1C)C1CCC(N(C)C)CC1. The van der Waals surface area contributed by atoms with Crippen molar-refractivity contribution >= 4 is 11.6 Å². The molecule has 5 rings (SSSR count). The molecule has 3 heterocycles. The highest BCUT2D eigenvalue weighted by Gasteiger charge is 2.28. The van der Waals surface area contributed by atoms with E-state index in [9.17, 15) is 9.59 Å². The Labute approximate surface area is 269 Å². The monoisotopic (exact) mass is 612 g/mol. The maximum Gasteiger partial charge on any atom is 0.253 e. The second kappa shape index (κ2) is 14.7. The number of likely N-dealkylation sites (tertiary alicyclic amines) is 1. The average Bonchev–Trinajstić information content (AvgIpc) is 3.02. The van der Waals surface area contributed by atoms with Crippen LogP contribution >= 0.6 is 0 Å². The zero-order valence-corrected chi connectivity index (χ0v) is 28.2. The highest BCUT2D eigenvalue weighted by Crippen LogP contribution is 2.35. The van der Waals surface area contributed by atoms with Gasteiger partial charge < -0.3 is 20.1 Å². The van der Waals surface area contributed by atoms with Crippen LogP contribution in [0.15, 0.2) is 41.3 Å². The van der Waals surface area contributed by atoms with E-state index in [1.807, 2.05) is 32.2 Å². The van der Waals surface area contributed by atoms with E-state index in [1.54, 1.807) is 0 Å². The van der Waals surface area contributed by atoms with Gasteiger partial charge in [0.25, 0.3) is 11.5 Å². The van der Waals surface area contributed by atoms with Gasteiger partial charge in [0.05, 0.1) is 5.69 Å². The summed E-state index contributed by atoms with van der Waals surface area (Å²) in [6.07, 6.45) is 10.4. The van der Waals surface area contributed by atoms with Crippen molar-refractivity contribution in [3.05, 3.63) is 80.5 Å². The Hall–Kier alpha value is -3.49. The second-order valence-corrected chi connectivity index (χ2v) is 13.4. The van der Waals surface area contributed by atoms with Crippen LogP contribution in [0.25, 0.3) is 11.1 Å². The van der Waals surface area contributed by atoms with E-state index in [1.165, 1.54) is 32.1 Å². The molecule has 0 unspecified atom stereocenters. The molecular formula is C37H52N6O2. The normalized spacial score (nSPS) is 19.1. The summed E-state index contributed by atoms with van der Waals surface area (Å²) in [6.45, 7) is 12.3. The summed E-state index contributed by atoms with van der Waals surface area (Å²) < 4.78 is 0. The first kappa shape index (κ1) is 32.9. The minimum atomic E-state index is -0.169. The van der Waals surface area contributed by atoms with Crippen LogP contribution in [0, 0.1) is 20.8 Å². The summed E-state index contributed by atoms with van der Waals surface area (Å²) in [5, 5.41) is 3.07. The smallest absolute Gasteiger partial charge is 0.253 e. The molecule has 1 saturated heterocycles. The molecule has 1 saturated carbocycles. The number of nitrogens with one attached hydrogen (secondary N) is 2. The summed E-state index contributed by atoms with van der Waals surface area (Å²) in [5.41, 5.74) is 7.92. The summed E-state index contributed by atoms with van der Waals surface area (Å²) in [4.78, 5) is 41.6. The van der Waals surface area contributed by atoms with Gasteiger partial charge in [-0.25, -0.2) is 0 Å². The molecule has 1 amide bonds. The number of carbonyl (C=O) groups is 1. The van der Waals surface area contributed by atoms with Crippen molar-refractivity contribution in [1.82, 2.24) is 25.1 Å². The predicted molar refractivity (Wildman–Crippen MR) is 184 cm³/mol. The maximum atomic E-state index is 13.9. The number of rotatable bonds is 10. The number of carbonyl (C=O) groups excluding carboxylic acids is 1. The molecule has 0 spiro atoms. The zero-order chi connectivity index (χ0) is 32.1. The number of piperidine rings is 1. The minimum Gasteiger partial charge on any atom is -0.369 e. The highest BCUT2D eigenvalue weighted by atomic mass is 16.1. The third-order valence-corrected chi connectivity index (χ3v) is 10.0. The van der Waals surface area contributed by atoms with E-state index in [4.69, 9.17) is 4.98 Å².